The van der Waals surface area contributed by atoms with E-state index in [4.69, 9.17) is 9.57 Å². The van der Waals surface area contributed by atoms with Gasteiger partial charge in [0.2, 0.25) is 10.0 Å². The van der Waals surface area contributed by atoms with Gasteiger partial charge < -0.3 is 9.57 Å². The molecule has 1 N–H and O–H groups in total. The third-order valence-electron chi connectivity index (χ3n) is 4.54. The van der Waals surface area contributed by atoms with Crippen LogP contribution in [0.1, 0.15) is 22.8 Å². The molecule has 0 spiro atoms. The van der Waals surface area contributed by atoms with E-state index in [9.17, 15) is 12.8 Å². The number of nitrogens with one attached hydrogen (secondary N) is 1. The zero-order valence-corrected chi connectivity index (χ0v) is 18.0. The van der Waals surface area contributed by atoms with E-state index in [1.165, 1.54) is 42.6 Å². The Balaban J connectivity index is 1.73. The summed E-state index contributed by atoms with van der Waals surface area (Å²) >= 11 is 0. The number of sulfonamides is 1. The number of hydrogen-bond acceptors (Lipinski definition) is 5. The van der Waals surface area contributed by atoms with Gasteiger partial charge in [-0.15, -0.1) is 0 Å². The molecule has 0 aliphatic rings. The molecule has 0 saturated carbocycles. The Bertz CT molecular complexity index is 1110. The molecule has 162 valence electrons. The van der Waals surface area contributed by atoms with E-state index in [-0.39, 0.29) is 11.4 Å². The van der Waals surface area contributed by atoms with Crippen molar-refractivity contribution in [1.29, 1.82) is 0 Å². The first kappa shape index (κ1) is 22.5. The number of oxime groups is 1. The zero-order chi connectivity index (χ0) is 22.3. The van der Waals surface area contributed by atoms with Crippen molar-refractivity contribution in [2.45, 2.75) is 17.9 Å². The quantitative estimate of drug-likeness (QED) is 0.398. The lowest BCUT2D eigenvalue weighted by Gasteiger charge is -2.16. The summed E-state index contributed by atoms with van der Waals surface area (Å²) in [6.07, 6.45) is 0.750. The molecule has 0 fully saturated rings. The predicted octanol–water partition coefficient (Wildman–Crippen LogP) is 4.21. The van der Waals surface area contributed by atoms with Crippen molar-refractivity contribution in [3.8, 4) is 5.75 Å². The number of halogens is 1. The van der Waals surface area contributed by atoms with Crippen LogP contribution in [-0.4, -0.2) is 28.3 Å². The number of rotatable bonds is 9. The Kier molecular flexibility index (Phi) is 7.38. The first-order chi connectivity index (χ1) is 14.9. The number of ether oxygens (including phenoxy) is 1. The minimum atomic E-state index is -3.74. The summed E-state index contributed by atoms with van der Waals surface area (Å²) < 4.78 is 46.2. The van der Waals surface area contributed by atoms with Crippen molar-refractivity contribution < 1.29 is 22.4 Å². The highest BCUT2D eigenvalue weighted by Crippen LogP contribution is 2.19. The van der Waals surface area contributed by atoms with Crippen LogP contribution in [0.5, 0.6) is 5.75 Å². The highest BCUT2D eigenvalue weighted by Gasteiger charge is 2.19. The lowest BCUT2D eigenvalue weighted by atomic mass is 10.1. The van der Waals surface area contributed by atoms with Crippen LogP contribution in [0.4, 0.5) is 4.39 Å². The molecule has 3 rings (SSSR count). The largest absolute Gasteiger partial charge is 0.497 e. The highest BCUT2D eigenvalue weighted by atomic mass is 32.2. The smallest absolute Gasteiger partial charge is 0.240 e. The maximum absolute atomic E-state index is 13.3. The van der Waals surface area contributed by atoms with Crippen LogP contribution in [-0.2, 0) is 14.9 Å². The second kappa shape index (κ2) is 10.2. The fourth-order valence-electron chi connectivity index (χ4n) is 2.73. The molecule has 1 atom stereocenters. The molecule has 0 aliphatic carbocycles. The van der Waals surface area contributed by atoms with E-state index in [2.05, 4.69) is 9.88 Å². The molecule has 0 bridgehead atoms. The van der Waals surface area contributed by atoms with Gasteiger partial charge in [-0.2, -0.15) is 0 Å². The average Bonchev–Trinajstić information content (AvgIpc) is 2.77. The fraction of sp³-hybridized carbons (Fsp3) is 0.174. The molecule has 31 heavy (non-hydrogen) atoms. The fourth-order valence-corrected chi connectivity index (χ4v) is 3.77. The molecule has 0 saturated heterocycles. The Morgan fingerprint density at radius 1 is 1.00 bits per heavy atom. The third kappa shape index (κ3) is 6.37. The van der Waals surface area contributed by atoms with E-state index < -0.39 is 21.9 Å². The van der Waals surface area contributed by atoms with Crippen LogP contribution in [0.25, 0.3) is 0 Å². The van der Waals surface area contributed by atoms with Crippen LogP contribution < -0.4 is 9.46 Å². The van der Waals surface area contributed by atoms with Gasteiger partial charge in [-0.25, -0.2) is 17.5 Å². The minimum absolute atomic E-state index is 0.0816. The molecule has 3 aromatic carbocycles. The summed E-state index contributed by atoms with van der Waals surface area (Å²) in [5.74, 6) is 0.317. The maximum atomic E-state index is 13.3. The maximum Gasteiger partial charge on any atom is 0.240 e. The van der Waals surface area contributed by atoms with Gasteiger partial charge in [-0.1, -0.05) is 35.0 Å². The van der Waals surface area contributed by atoms with Crippen molar-refractivity contribution in [3.63, 3.8) is 0 Å². The molecule has 1 unspecified atom stereocenters. The van der Waals surface area contributed by atoms with E-state index in [0.717, 1.165) is 11.1 Å². The normalized spacial score (nSPS) is 12.6. The second-order valence-corrected chi connectivity index (χ2v) is 8.59. The van der Waals surface area contributed by atoms with Gasteiger partial charge >= 0.3 is 0 Å². The second-order valence-electron chi connectivity index (χ2n) is 6.82. The summed E-state index contributed by atoms with van der Waals surface area (Å²) in [6, 6.07) is 19.3. The number of hydrogen-bond donors (Lipinski definition) is 1. The van der Waals surface area contributed by atoms with Crippen molar-refractivity contribution in [2.75, 3.05) is 13.7 Å². The molecule has 0 aliphatic heterocycles. The van der Waals surface area contributed by atoms with Gasteiger partial charge in [0, 0.05) is 0 Å². The number of aryl methyl sites for hydroxylation is 1. The van der Waals surface area contributed by atoms with Crippen LogP contribution in [0, 0.1) is 12.7 Å². The van der Waals surface area contributed by atoms with Crippen LogP contribution in [0.2, 0.25) is 0 Å². The van der Waals surface area contributed by atoms with Gasteiger partial charge in [0.1, 0.15) is 11.6 Å². The van der Waals surface area contributed by atoms with Crippen LogP contribution in [0.3, 0.4) is 0 Å². The van der Waals surface area contributed by atoms with Crippen molar-refractivity contribution in [3.05, 3.63) is 95.3 Å². The van der Waals surface area contributed by atoms with Gasteiger partial charge in [-0.05, 0) is 66.6 Å². The molecular weight excluding hydrogens is 419 g/mol. The van der Waals surface area contributed by atoms with Crippen LogP contribution in [0.15, 0.2) is 82.8 Å². The Labute approximate surface area is 181 Å². The summed E-state index contributed by atoms with van der Waals surface area (Å²) in [7, 11) is -2.16. The van der Waals surface area contributed by atoms with E-state index in [1.54, 1.807) is 43.5 Å². The number of nitrogens with zero attached hydrogens (tertiary/aromatic N) is 1. The molecule has 0 heterocycles. The molecular formula is C23H23FN2O4S. The molecule has 3 aromatic rings. The van der Waals surface area contributed by atoms with E-state index in [0.29, 0.717) is 11.3 Å². The average molecular weight is 443 g/mol. The standard InChI is InChI=1S/C23H23FN2O4S/c1-17-3-13-22(14-4-17)31(27,28)26-16-23(19-7-9-20(24)10-8-19)30-25-15-18-5-11-21(29-2)12-6-18/h3-15,23,26H,16H2,1-2H3/b25-15+. The Morgan fingerprint density at radius 3 is 2.26 bits per heavy atom. The molecule has 0 amide bonds. The lowest BCUT2D eigenvalue weighted by Crippen LogP contribution is -2.29. The zero-order valence-electron chi connectivity index (χ0n) is 17.2. The third-order valence-corrected chi connectivity index (χ3v) is 5.98. The lowest BCUT2D eigenvalue weighted by molar-refractivity contribution is 0.0633. The van der Waals surface area contributed by atoms with Gasteiger partial charge in [-0.3, -0.25) is 0 Å². The van der Waals surface area contributed by atoms with Gasteiger partial charge in [0.05, 0.1) is 24.8 Å². The SMILES string of the molecule is COc1ccc(/C=N/OC(CNS(=O)(=O)c2ccc(C)cc2)c2ccc(F)cc2)cc1. The number of benzene rings is 3. The topological polar surface area (TPSA) is 77.0 Å². The molecule has 6 nitrogen and oxygen atoms in total. The molecule has 8 heteroatoms. The van der Waals surface area contributed by atoms with Gasteiger partial charge in [0.25, 0.3) is 0 Å². The molecule has 0 radical (unpaired) electrons. The summed E-state index contributed by atoms with van der Waals surface area (Å²) in [4.78, 5) is 5.72. The first-order valence-corrected chi connectivity index (χ1v) is 11.0. The van der Waals surface area contributed by atoms with Crippen molar-refractivity contribution >= 4 is 16.2 Å². The van der Waals surface area contributed by atoms with Crippen molar-refractivity contribution in [2.24, 2.45) is 5.16 Å². The highest BCUT2D eigenvalue weighted by molar-refractivity contribution is 7.89. The Hall–Kier alpha value is -3.23. The number of methoxy groups -OCH3 is 1. The van der Waals surface area contributed by atoms with Gasteiger partial charge in [0.15, 0.2) is 6.10 Å². The monoisotopic (exact) mass is 442 g/mol. The van der Waals surface area contributed by atoms with E-state index >= 15 is 0 Å². The Morgan fingerprint density at radius 2 is 1.65 bits per heavy atom. The predicted molar refractivity (Wildman–Crippen MR) is 117 cm³/mol. The van der Waals surface area contributed by atoms with E-state index in [1.807, 2.05) is 6.92 Å². The summed E-state index contributed by atoms with van der Waals surface area (Å²) in [5.41, 5.74) is 2.32. The summed E-state index contributed by atoms with van der Waals surface area (Å²) in [6.45, 7) is 1.80. The molecule has 0 aromatic heterocycles. The van der Waals surface area contributed by atoms with Crippen LogP contribution >= 0.6 is 0 Å². The van der Waals surface area contributed by atoms with Crippen molar-refractivity contribution in [1.82, 2.24) is 4.72 Å². The summed E-state index contributed by atoms with van der Waals surface area (Å²) in [5, 5.41) is 3.99. The minimum Gasteiger partial charge on any atom is -0.497 e. The first-order valence-electron chi connectivity index (χ1n) is 9.52.